The van der Waals surface area contributed by atoms with Crippen molar-refractivity contribution in [2.24, 2.45) is 5.92 Å². The fraction of sp³-hybridized carbons (Fsp3) is 0.444. The minimum absolute atomic E-state index is 0.555. The van der Waals surface area contributed by atoms with Gasteiger partial charge in [0.2, 0.25) is 0 Å². The molecule has 4 heteroatoms. The Labute approximate surface area is 134 Å². The number of nitrogens with zero attached hydrogens (tertiary/aromatic N) is 2. The molecule has 0 bridgehead atoms. The average molecular weight is 311 g/mol. The van der Waals surface area contributed by atoms with Crippen LogP contribution >= 0.6 is 11.3 Å². The third-order valence-corrected chi connectivity index (χ3v) is 6.02. The van der Waals surface area contributed by atoms with Gasteiger partial charge in [-0.1, -0.05) is 31.5 Å². The Hall–Kier alpha value is -1.68. The second-order valence-electron chi connectivity index (χ2n) is 6.27. The second-order valence-corrected chi connectivity index (χ2v) is 7.30. The highest BCUT2D eigenvalue weighted by Gasteiger charge is 2.21. The highest BCUT2D eigenvalue weighted by molar-refractivity contribution is 7.25. The molecule has 1 N–H and O–H groups in total. The lowest BCUT2D eigenvalue weighted by atomic mass is 9.84. The number of rotatable bonds is 3. The van der Waals surface area contributed by atoms with Crippen LogP contribution in [0.15, 0.2) is 30.6 Å². The first-order chi connectivity index (χ1) is 10.8. The van der Waals surface area contributed by atoms with E-state index in [1.807, 2.05) is 0 Å². The number of thiophene rings is 1. The number of fused-ring (bicyclic) bond motifs is 3. The summed E-state index contributed by atoms with van der Waals surface area (Å²) in [5, 5.41) is 6.17. The average Bonchev–Trinajstić information content (AvgIpc) is 2.95. The van der Waals surface area contributed by atoms with E-state index in [1.165, 1.54) is 47.6 Å². The molecule has 1 aromatic carbocycles. The molecule has 1 fully saturated rings. The maximum absolute atomic E-state index is 4.55. The van der Waals surface area contributed by atoms with Gasteiger partial charge >= 0.3 is 0 Å². The van der Waals surface area contributed by atoms with Crippen LogP contribution in [-0.2, 0) is 0 Å². The van der Waals surface area contributed by atoms with Crippen LogP contribution < -0.4 is 5.32 Å². The standard InChI is InChI=1S/C18H21N3S/c1-2-12-7-9-13(10-8-12)21-17-16-14-5-3-4-6-15(14)22-18(16)20-11-19-17/h3-6,11-13H,2,7-10H2,1H3,(H,19,20,21). The highest BCUT2D eigenvalue weighted by atomic mass is 32.1. The van der Waals surface area contributed by atoms with Gasteiger partial charge in [0.1, 0.15) is 17.0 Å². The van der Waals surface area contributed by atoms with Crippen LogP contribution in [0.3, 0.4) is 0 Å². The maximum atomic E-state index is 4.55. The van der Waals surface area contributed by atoms with E-state index in [1.54, 1.807) is 17.7 Å². The van der Waals surface area contributed by atoms with E-state index in [0.717, 1.165) is 16.6 Å². The van der Waals surface area contributed by atoms with Crippen molar-refractivity contribution < 1.29 is 0 Å². The molecule has 3 aromatic rings. The van der Waals surface area contributed by atoms with Crippen molar-refractivity contribution >= 4 is 37.5 Å². The van der Waals surface area contributed by atoms with Crippen molar-refractivity contribution in [2.75, 3.05) is 5.32 Å². The lowest BCUT2D eigenvalue weighted by Crippen LogP contribution is -2.26. The fourth-order valence-electron chi connectivity index (χ4n) is 3.57. The maximum Gasteiger partial charge on any atom is 0.139 e. The summed E-state index contributed by atoms with van der Waals surface area (Å²) in [5.74, 6) is 1.94. The van der Waals surface area contributed by atoms with E-state index in [4.69, 9.17) is 0 Å². The van der Waals surface area contributed by atoms with Gasteiger partial charge in [-0.05, 0) is 37.7 Å². The summed E-state index contributed by atoms with van der Waals surface area (Å²) in [6.07, 6.45) is 8.20. The molecule has 1 aliphatic carbocycles. The van der Waals surface area contributed by atoms with Crippen molar-refractivity contribution in [3.8, 4) is 0 Å². The van der Waals surface area contributed by atoms with Crippen LogP contribution in [0.4, 0.5) is 5.82 Å². The Kier molecular flexibility index (Phi) is 3.70. The smallest absolute Gasteiger partial charge is 0.139 e. The summed E-state index contributed by atoms with van der Waals surface area (Å²) >= 11 is 1.75. The van der Waals surface area contributed by atoms with Crippen LogP contribution in [-0.4, -0.2) is 16.0 Å². The number of hydrogen-bond acceptors (Lipinski definition) is 4. The predicted molar refractivity (Wildman–Crippen MR) is 94.6 cm³/mol. The highest BCUT2D eigenvalue weighted by Crippen LogP contribution is 2.37. The molecule has 2 aromatic heterocycles. The summed E-state index contributed by atoms with van der Waals surface area (Å²) in [6, 6.07) is 9.08. The molecule has 0 atom stereocenters. The molecular formula is C18H21N3S. The van der Waals surface area contributed by atoms with Crippen LogP contribution in [0.5, 0.6) is 0 Å². The summed E-state index contributed by atoms with van der Waals surface area (Å²) in [6.45, 7) is 2.31. The van der Waals surface area contributed by atoms with E-state index in [0.29, 0.717) is 6.04 Å². The summed E-state index contributed by atoms with van der Waals surface area (Å²) in [4.78, 5) is 10.1. The zero-order valence-electron chi connectivity index (χ0n) is 12.9. The number of hydrogen-bond donors (Lipinski definition) is 1. The molecule has 0 amide bonds. The zero-order chi connectivity index (χ0) is 14.9. The molecule has 0 radical (unpaired) electrons. The Balaban J connectivity index is 1.67. The zero-order valence-corrected chi connectivity index (χ0v) is 13.7. The normalized spacial score (nSPS) is 22.2. The number of nitrogens with one attached hydrogen (secondary N) is 1. The summed E-state index contributed by atoms with van der Waals surface area (Å²) in [5.41, 5.74) is 0. The SMILES string of the molecule is CCC1CCC(Nc2ncnc3sc4ccccc4c23)CC1. The van der Waals surface area contributed by atoms with Crippen molar-refractivity contribution in [3.05, 3.63) is 30.6 Å². The quantitative estimate of drug-likeness (QED) is 0.720. The van der Waals surface area contributed by atoms with Crippen molar-refractivity contribution in [2.45, 2.75) is 45.1 Å². The van der Waals surface area contributed by atoms with Gasteiger partial charge < -0.3 is 5.32 Å². The molecule has 2 heterocycles. The van der Waals surface area contributed by atoms with Gasteiger partial charge in [0, 0.05) is 16.1 Å². The molecule has 0 saturated heterocycles. The van der Waals surface area contributed by atoms with Gasteiger partial charge in [-0.3, -0.25) is 0 Å². The lowest BCUT2D eigenvalue weighted by Gasteiger charge is -2.28. The van der Waals surface area contributed by atoms with Crippen LogP contribution in [0.2, 0.25) is 0 Å². The second kappa shape index (κ2) is 5.84. The molecule has 0 spiro atoms. The Morgan fingerprint density at radius 2 is 1.95 bits per heavy atom. The van der Waals surface area contributed by atoms with Crippen LogP contribution in [0, 0.1) is 5.92 Å². The predicted octanol–water partition coefficient (Wildman–Crippen LogP) is 5.23. The van der Waals surface area contributed by atoms with Crippen LogP contribution in [0.25, 0.3) is 20.3 Å². The van der Waals surface area contributed by atoms with Gasteiger partial charge in [0.25, 0.3) is 0 Å². The monoisotopic (exact) mass is 311 g/mol. The summed E-state index contributed by atoms with van der Waals surface area (Å²) in [7, 11) is 0. The van der Waals surface area contributed by atoms with Gasteiger partial charge in [-0.2, -0.15) is 0 Å². The van der Waals surface area contributed by atoms with E-state index < -0.39 is 0 Å². The first-order valence-corrected chi connectivity index (χ1v) is 9.05. The lowest BCUT2D eigenvalue weighted by molar-refractivity contribution is 0.330. The van der Waals surface area contributed by atoms with Gasteiger partial charge in [-0.25, -0.2) is 9.97 Å². The molecular weight excluding hydrogens is 290 g/mol. The molecule has 3 nitrogen and oxygen atoms in total. The first-order valence-electron chi connectivity index (χ1n) is 8.24. The molecule has 1 aliphatic rings. The Morgan fingerprint density at radius 1 is 1.14 bits per heavy atom. The van der Waals surface area contributed by atoms with Gasteiger partial charge in [0.05, 0.1) is 5.39 Å². The first kappa shape index (κ1) is 13.9. The molecule has 1 saturated carbocycles. The fourth-order valence-corrected chi connectivity index (χ4v) is 4.62. The molecule has 0 unspecified atom stereocenters. The molecule has 114 valence electrons. The van der Waals surface area contributed by atoms with Gasteiger partial charge in [0.15, 0.2) is 0 Å². The van der Waals surface area contributed by atoms with Crippen molar-refractivity contribution in [1.82, 2.24) is 9.97 Å². The Morgan fingerprint density at radius 3 is 2.77 bits per heavy atom. The van der Waals surface area contributed by atoms with Gasteiger partial charge in [-0.15, -0.1) is 11.3 Å². The minimum atomic E-state index is 0.555. The Bertz CT molecular complexity index is 787. The molecule has 0 aliphatic heterocycles. The van der Waals surface area contributed by atoms with E-state index in [9.17, 15) is 0 Å². The van der Waals surface area contributed by atoms with E-state index in [2.05, 4.69) is 46.5 Å². The third-order valence-electron chi connectivity index (χ3n) is 4.94. The third kappa shape index (κ3) is 2.45. The van der Waals surface area contributed by atoms with E-state index in [-0.39, 0.29) is 0 Å². The molecule has 4 rings (SSSR count). The number of aromatic nitrogens is 2. The van der Waals surface area contributed by atoms with Crippen LogP contribution in [0.1, 0.15) is 39.0 Å². The van der Waals surface area contributed by atoms with Crippen molar-refractivity contribution in [3.63, 3.8) is 0 Å². The molecule has 22 heavy (non-hydrogen) atoms. The number of benzene rings is 1. The van der Waals surface area contributed by atoms with E-state index >= 15 is 0 Å². The summed E-state index contributed by atoms with van der Waals surface area (Å²) < 4.78 is 1.29. The number of anilines is 1. The topological polar surface area (TPSA) is 37.8 Å². The minimum Gasteiger partial charge on any atom is -0.367 e. The van der Waals surface area contributed by atoms with Crippen molar-refractivity contribution in [1.29, 1.82) is 0 Å². The largest absolute Gasteiger partial charge is 0.367 e.